The van der Waals surface area contributed by atoms with E-state index in [1.165, 1.54) is 13.2 Å². The molecule has 0 bridgehead atoms. The van der Waals surface area contributed by atoms with E-state index in [-0.39, 0.29) is 11.9 Å². The summed E-state index contributed by atoms with van der Waals surface area (Å²) >= 11 is 8.58. The summed E-state index contributed by atoms with van der Waals surface area (Å²) in [4.78, 5) is 0. The average Bonchev–Trinajstić information content (AvgIpc) is 2.75. The van der Waals surface area contributed by atoms with Gasteiger partial charge in [-0.3, -0.25) is 0 Å². The molecule has 0 aliphatic carbocycles. The van der Waals surface area contributed by atoms with E-state index in [9.17, 15) is 4.39 Å². The van der Waals surface area contributed by atoms with E-state index >= 15 is 0 Å². The Kier molecular flexibility index (Phi) is 5.60. The number of ether oxygens (including phenoxy) is 1. The van der Waals surface area contributed by atoms with Crippen molar-refractivity contribution < 1.29 is 9.13 Å². The van der Waals surface area contributed by atoms with Crippen LogP contribution in [-0.2, 0) is 0 Å². The second-order valence-corrected chi connectivity index (χ2v) is 7.91. The van der Waals surface area contributed by atoms with Crippen LogP contribution in [0.25, 0.3) is 0 Å². The van der Waals surface area contributed by atoms with Gasteiger partial charge in [0.05, 0.1) is 20.7 Å². The lowest BCUT2D eigenvalue weighted by Gasteiger charge is -2.19. The molecule has 1 N–H and O–H groups in total. The van der Waals surface area contributed by atoms with Crippen LogP contribution in [0.15, 0.2) is 31.8 Å². The van der Waals surface area contributed by atoms with Crippen LogP contribution in [0.4, 0.5) is 4.39 Å². The zero-order valence-electron chi connectivity index (χ0n) is 11.0. The molecule has 2 aromatic rings. The first-order valence-corrected chi connectivity index (χ1v) is 8.48. The van der Waals surface area contributed by atoms with Crippen LogP contribution in [0.5, 0.6) is 5.75 Å². The molecule has 1 heterocycles. The molecule has 1 unspecified atom stereocenters. The van der Waals surface area contributed by atoms with Crippen molar-refractivity contribution in [2.75, 3.05) is 13.7 Å². The summed E-state index contributed by atoms with van der Waals surface area (Å²) in [5.41, 5.74) is 1.63. The molecule has 0 aliphatic heterocycles. The lowest BCUT2D eigenvalue weighted by Crippen LogP contribution is -2.22. The molecule has 2 nitrogen and oxygen atoms in total. The molecule has 0 radical (unpaired) electrons. The van der Waals surface area contributed by atoms with Crippen molar-refractivity contribution in [3.05, 3.63) is 48.8 Å². The second-order valence-electron chi connectivity index (χ2n) is 4.16. The first-order valence-electron chi connectivity index (χ1n) is 6.08. The van der Waals surface area contributed by atoms with E-state index in [4.69, 9.17) is 4.74 Å². The predicted molar refractivity (Wildman–Crippen MR) is 88.2 cm³/mol. The van der Waals surface area contributed by atoms with Crippen LogP contribution in [0.2, 0.25) is 0 Å². The highest BCUT2D eigenvalue weighted by molar-refractivity contribution is 9.12. The zero-order chi connectivity index (χ0) is 14.7. The van der Waals surface area contributed by atoms with Gasteiger partial charge in [-0.05, 0) is 56.1 Å². The van der Waals surface area contributed by atoms with E-state index in [0.29, 0.717) is 11.3 Å². The smallest absolute Gasteiger partial charge is 0.132 e. The molecule has 108 valence electrons. The van der Waals surface area contributed by atoms with Gasteiger partial charge in [-0.15, -0.1) is 11.3 Å². The largest absolute Gasteiger partial charge is 0.497 e. The first kappa shape index (κ1) is 15.9. The van der Waals surface area contributed by atoms with E-state index in [1.54, 1.807) is 23.5 Å². The van der Waals surface area contributed by atoms with Gasteiger partial charge in [-0.2, -0.15) is 0 Å². The van der Waals surface area contributed by atoms with Crippen molar-refractivity contribution in [3.63, 3.8) is 0 Å². The Hall–Kier alpha value is -0.430. The maximum absolute atomic E-state index is 14.3. The minimum Gasteiger partial charge on any atom is -0.497 e. The molecule has 1 aromatic heterocycles. The third-order valence-corrected chi connectivity index (χ3v) is 5.31. The fourth-order valence-electron chi connectivity index (χ4n) is 2.01. The van der Waals surface area contributed by atoms with Crippen LogP contribution in [0.1, 0.15) is 24.1 Å². The van der Waals surface area contributed by atoms with Crippen molar-refractivity contribution in [2.45, 2.75) is 13.0 Å². The highest BCUT2D eigenvalue weighted by Crippen LogP contribution is 2.38. The molecule has 1 atom stereocenters. The molecule has 6 heteroatoms. The zero-order valence-corrected chi connectivity index (χ0v) is 15.0. The molecule has 0 aliphatic rings. The summed E-state index contributed by atoms with van der Waals surface area (Å²) < 4.78 is 21.3. The van der Waals surface area contributed by atoms with Gasteiger partial charge in [0.1, 0.15) is 11.6 Å². The van der Waals surface area contributed by atoms with Crippen LogP contribution in [0.3, 0.4) is 0 Å². The quantitative estimate of drug-likeness (QED) is 0.721. The van der Waals surface area contributed by atoms with Crippen molar-refractivity contribution in [1.29, 1.82) is 0 Å². The lowest BCUT2D eigenvalue weighted by atomic mass is 10.0. The van der Waals surface area contributed by atoms with E-state index < -0.39 is 0 Å². The van der Waals surface area contributed by atoms with E-state index in [2.05, 4.69) is 37.2 Å². The van der Waals surface area contributed by atoms with Gasteiger partial charge in [-0.25, -0.2) is 4.39 Å². The van der Waals surface area contributed by atoms with Crippen molar-refractivity contribution in [3.8, 4) is 5.75 Å². The topological polar surface area (TPSA) is 21.3 Å². The van der Waals surface area contributed by atoms with Gasteiger partial charge in [-0.1, -0.05) is 13.0 Å². The van der Waals surface area contributed by atoms with Crippen LogP contribution >= 0.6 is 43.2 Å². The predicted octanol–water partition coefficient (Wildman–Crippen LogP) is 5.12. The molecular formula is C14H14Br2FNOS. The summed E-state index contributed by atoms with van der Waals surface area (Å²) in [6, 6.07) is 6.76. The van der Waals surface area contributed by atoms with Crippen LogP contribution in [0, 0.1) is 5.82 Å². The average molecular weight is 423 g/mol. The minimum absolute atomic E-state index is 0.192. The molecule has 0 saturated heterocycles. The number of hydrogen-bond donors (Lipinski definition) is 1. The molecule has 0 spiro atoms. The summed E-state index contributed by atoms with van der Waals surface area (Å²) in [7, 11) is 1.53. The Morgan fingerprint density at radius 1 is 1.30 bits per heavy atom. The highest BCUT2D eigenvalue weighted by atomic mass is 79.9. The number of nitrogens with one attached hydrogen (secondary N) is 1. The maximum atomic E-state index is 14.3. The molecule has 20 heavy (non-hydrogen) atoms. The fraction of sp³-hybridized carbons (Fsp3) is 0.286. The Morgan fingerprint density at radius 2 is 2.05 bits per heavy atom. The molecule has 1 aromatic carbocycles. The third-order valence-electron chi connectivity index (χ3n) is 2.92. The Balaban J connectivity index is 2.45. The van der Waals surface area contributed by atoms with E-state index in [1.807, 2.05) is 13.0 Å². The molecule has 2 rings (SSSR count). The van der Waals surface area contributed by atoms with Crippen LogP contribution in [-0.4, -0.2) is 13.7 Å². The van der Waals surface area contributed by atoms with Crippen molar-refractivity contribution in [1.82, 2.24) is 5.32 Å². The lowest BCUT2D eigenvalue weighted by molar-refractivity contribution is 0.410. The van der Waals surface area contributed by atoms with Crippen LogP contribution < -0.4 is 10.1 Å². The third kappa shape index (κ3) is 3.42. The number of hydrogen-bond acceptors (Lipinski definition) is 3. The SMILES string of the molecule is CCNC(c1ccc(OC)cc1F)c1cc(Br)sc1Br. The number of rotatable bonds is 5. The highest BCUT2D eigenvalue weighted by Gasteiger charge is 2.21. The second kappa shape index (κ2) is 7.02. The summed E-state index contributed by atoms with van der Waals surface area (Å²) in [5, 5.41) is 3.32. The number of thiophene rings is 1. The number of benzene rings is 1. The van der Waals surface area contributed by atoms with Crippen molar-refractivity contribution in [2.24, 2.45) is 0 Å². The van der Waals surface area contributed by atoms with Gasteiger partial charge in [0.2, 0.25) is 0 Å². The molecule has 0 saturated carbocycles. The number of halogens is 3. The van der Waals surface area contributed by atoms with Gasteiger partial charge in [0.25, 0.3) is 0 Å². The molecular weight excluding hydrogens is 409 g/mol. The Labute approximate surface area is 138 Å². The summed E-state index contributed by atoms with van der Waals surface area (Å²) in [6.07, 6.45) is 0. The van der Waals surface area contributed by atoms with Gasteiger partial charge >= 0.3 is 0 Å². The first-order chi connectivity index (χ1) is 9.56. The summed E-state index contributed by atoms with van der Waals surface area (Å²) in [5.74, 6) is 0.247. The van der Waals surface area contributed by atoms with E-state index in [0.717, 1.165) is 19.7 Å². The van der Waals surface area contributed by atoms with Gasteiger partial charge < -0.3 is 10.1 Å². The monoisotopic (exact) mass is 421 g/mol. The Morgan fingerprint density at radius 3 is 2.55 bits per heavy atom. The Bertz CT molecular complexity index is 603. The maximum Gasteiger partial charge on any atom is 0.132 e. The molecule has 0 amide bonds. The summed E-state index contributed by atoms with van der Waals surface area (Å²) in [6.45, 7) is 2.75. The van der Waals surface area contributed by atoms with Crippen molar-refractivity contribution >= 4 is 43.2 Å². The molecule has 0 fully saturated rings. The fourth-order valence-corrected chi connectivity index (χ4v) is 4.91. The minimum atomic E-state index is -0.274. The number of methoxy groups -OCH3 is 1. The van der Waals surface area contributed by atoms with Gasteiger partial charge in [0.15, 0.2) is 0 Å². The normalized spacial score (nSPS) is 12.4. The van der Waals surface area contributed by atoms with Gasteiger partial charge in [0, 0.05) is 11.6 Å². The standard InChI is InChI=1S/C14H14Br2FNOS/c1-3-18-13(10-7-12(15)20-14(10)16)9-5-4-8(19-2)6-11(9)17/h4-7,13,18H,3H2,1-2H3.